The van der Waals surface area contributed by atoms with Gasteiger partial charge in [-0.3, -0.25) is 0 Å². The maximum absolute atomic E-state index is 5.71. The average molecular weight is 187 g/mol. The van der Waals surface area contributed by atoms with Crippen LogP contribution in [0.2, 0.25) is 0 Å². The molecule has 1 unspecified atom stereocenters. The molecule has 1 aromatic heterocycles. The van der Waals surface area contributed by atoms with Crippen LogP contribution in [0.1, 0.15) is 31.1 Å². The van der Waals surface area contributed by atoms with E-state index in [-0.39, 0.29) is 6.04 Å². The second-order valence-electron chi connectivity index (χ2n) is 2.49. The van der Waals surface area contributed by atoms with Crippen LogP contribution in [0.3, 0.4) is 0 Å². The van der Waals surface area contributed by atoms with Gasteiger partial charge in [0.1, 0.15) is 0 Å². The molecule has 0 spiro atoms. The van der Waals surface area contributed by atoms with Gasteiger partial charge in [0.15, 0.2) is 5.82 Å². The van der Waals surface area contributed by atoms with E-state index in [1.54, 1.807) is 11.8 Å². The largest absolute Gasteiger partial charge is 0.338 e. The summed E-state index contributed by atoms with van der Waals surface area (Å²) in [6, 6.07) is -0.0932. The fourth-order valence-electron chi connectivity index (χ4n) is 0.783. The number of hydrogen-bond donors (Lipinski definition) is 1. The zero-order chi connectivity index (χ0) is 8.97. The van der Waals surface area contributed by atoms with E-state index in [0.717, 1.165) is 12.2 Å². The summed E-state index contributed by atoms with van der Waals surface area (Å²) in [6.07, 6.45) is 2.82. The summed E-state index contributed by atoms with van der Waals surface area (Å²) in [7, 11) is 0. The zero-order valence-corrected chi connectivity index (χ0v) is 8.10. The van der Waals surface area contributed by atoms with Crippen LogP contribution in [-0.4, -0.2) is 16.4 Å². The van der Waals surface area contributed by atoms with E-state index in [9.17, 15) is 0 Å². The minimum absolute atomic E-state index is 0.0932. The molecule has 0 amide bonds. The van der Waals surface area contributed by atoms with Gasteiger partial charge in [-0.2, -0.15) is 16.7 Å². The monoisotopic (exact) mass is 187 g/mol. The molecule has 1 rings (SSSR count). The maximum Gasteiger partial charge on any atom is 0.236 e. The van der Waals surface area contributed by atoms with Crippen molar-refractivity contribution in [3.05, 3.63) is 11.7 Å². The Morgan fingerprint density at radius 2 is 2.42 bits per heavy atom. The van der Waals surface area contributed by atoms with E-state index in [1.807, 2.05) is 13.2 Å². The van der Waals surface area contributed by atoms with Gasteiger partial charge in [-0.05, 0) is 12.7 Å². The second-order valence-corrected chi connectivity index (χ2v) is 3.36. The summed E-state index contributed by atoms with van der Waals surface area (Å²) in [5, 5.41) is 3.78. The summed E-state index contributed by atoms with van der Waals surface area (Å²) in [4.78, 5) is 4.15. The molecule has 0 radical (unpaired) electrons. The topological polar surface area (TPSA) is 64.9 Å². The lowest BCUT2D eigenvalue weighted by Gasteiger charge is -1.99. The van der Waals surface area contributed by atoms with Crippen LogP contribution < -0.4 is 5.73 Å². The SMILES string of the molecule is CCC(N)c1noc(CSC)n1. The Bertz CT molecular complexity index is 238. The van der Waals surface area contributed by atoms with Crippen molar-refractivity contribution in [2.75, 3.05) is 6.26 Å². The molecular formula is C7H13N3OS. The number of aromatic nitrogens is 2. The molecule has 0 aliphatic heterocycles. The van der Waals surface area contributed by atoms with Crippen molar-refractivity contribution in [1.82, 2.24) is 10.1 Å². The highest BCUT2D eigenvalue weighted by Crippen LogP contribution is 2.12. The molecule has 0 saturated heterocycles. The molecule has 1 heterocycles. The number of nitrogens with two attached hydrogens (primary N) is 1. The van der Waals surface area contributed by atoms with Crippen LogP contribution in [0.25, 0.3) is 0 Å². The molecule has 0 aromatic carbocycles. The molecule has 5 heteroatoms. The first-order chi connectivity index (χ1) is 5.77. The van der Waals surface area contributed by atoms with Gasteiger partial charge in [0, 0.05) is 0 Å². The Hall–Kier alpha value is -0.550. The molecule has 0 saturated carbocycles. The Balaban J connectivity index is 2.63. The molecule has 68 valence electrons. The molecule has 4 nitrogen and oxygen atoms in total. The van der Waals surface area contributed by atoms with Crippen molar-refractivity contribution in [3.63, 3.8) is 0 Å². The fraction of sp³-hybridized carbons (Fsp3) is 0.714. The van der Waals surface area contributed by atoms with Crippen molar-refractivity contribution >= 4 is 11.8 Å². The van der Waals surface area contributed by atoms with Gasteiger partial charge in [0.05, 0.1) is 11.8 Å². The van der Waals surface area contributed by atoms with Crippen molar-refractivity contribution in [3.8, 4) is 0 Å². The molecule has 0 bridgehead atoms. The van der Waals surface area contributed by atoms with Gasteiger partial charge in [0.2, 0.25) is 5.89 Å². The average Bonchev–Trinajstić information content (AvgIpc) is 2.52. The van der Waals surface area contributed by atoms with Crippen LogP contribution in [0, 0.1) is 0 Å². The Morgan fingerprint density at radius 3 is 3.00 bits per heavy atom. The summed E-state index contributed by atoms with van der Waals surface area (Å²) in [6.45, 7) is 2.00. The number of hydrogen-bond acceptors (Lipinski definition) is 5. The van der Waals surface area contributed by atoms with Gasteiger partial charge in [0.25, 0.3) is 0 Å². The molecule has 0 aliphatic carbocycles. The minimum Gasteiger partial charge on any atom is -0.338 e. The second kappa shape index (κ2) is 4.47. The molecule has 0 fully saturated rings. The van der Waals surface area contributed by atoms with E-state index >= 15 is 0 Å². The fourth-order valence-corrected chi connectivity index (χ4v) is 1.15. The van der Waals surface area contributed by atoms with Gasteiger partial charge >= 0.3 is 0 Å². The first-order valence-electron chi connectivity index (χ1n) is 3.85. The lowest BCUT2D eigenvalue weighted by molar-refractivity contribution is 0.380. The highest BCUT2D eigenvalue weighted by molar-refractivity contribution is 7.97. The third-order valence-electron chi connectivity index (χ3n) is 1.52. The predicted octanol–water partition coefficient (Wildman–Crippen LogP) is 1.34. The van der Waals surface area contributed by atoms with Gasteiger partial charge in [-0.1, -0.05) is 12.1 Å². The van der Waals surface area contributed by atoms with Crippen molar-refractivity contribution < 1.29 is 4.52 Å². The first kappa shape index (κ1) is 9.54. The lowest BCUT2D eigenvalue weighted by Crippen LogP contribution is -2.10. The molecule has 12 heavy (non-hydrogen) atoms. The number of thioether (sulfide) groups is 1. The van der Waals surface area contributed by atoms with Crippen LogP contribution in [0.15, 0.2) is 4.52 Å². The summed E-state index contributed by atoms with van der Waals surface area (Å²) in [5.74, 6) is 2.02. The molecule has 2 N–H and O–H groups in total. The van der Waals surface area contributed by atoms with E-state index in [1.165, 1.54) is 0 Å². The molecule has 1 aromatic rings. The van der Waals surface area contributed by atoms with E-state index in [4.69, 9.17) is 10.3 Å². The minimum atomic E-state index is -0.0932. The van der Waals surface area contributed by atoms with Crippen LogP contribution >= 0.6 is 11.8 Å². The first-order valence-corrected chi connectivity index (χ1v) is 5.24. The Morgan fingerprint density at radius 1 is 1.67 bits per heavy atom. The molecule has 0 aliphatic rings. The quantitative estimate of drug-likeness (QED) is 0.770. The smallest absolute Gasteiger partial charge is 0.236 e. The highest BCUT2D eigenvalue weighted by Gasteiger charge is 2.11. The lowest BCUT2D eigenvalue weighted by atomic mass is 10.2. The van der Waals surface area contributed by atoms with E-state index < -0.39 is 0 Å². The normalized spacial score (nSPS) is 13.2. The van der Waals surface area contributed by atoms with Crippen LogP contribution in [-0.2, 0) is 5.75 Å². The van der Waals surface area contributed by atoms with E-state index in [2.05, 4.69) is 10.1 Å². The van der Waals surface area contributed by atoms with Gasteiger partial charge in [-0.25, -0.2) is 0 Å². The zero-order valence-electron chi connectivity index (χ0n) is 7.28. The van der Waals surface area contributed by atoms with Crippen molar-refractivity contribution in [1.29, 1.82) is 0 Å². The summed E-state index contributed by atoms with van der Waals surface area (Å²) in [5.41, 5.74) is 5.71. The Labute approximate surface area is 75.9 Å². The molecular weight excluding hydrogens is 174 g/mol. The predicted molar refractivity (Wildman–Crippen MR) is 48.7 cm³/mol. The van der Waals surface area contributed by atoms with E-state index in [0.29, 0.717) is 11.7 Å². The number of nitrogens with zero attached hydrogens (tertiary/aromatic N) is 2. The maximum atomic E-state index is 5.71. The highest BCUT2D eigenvalue weighted by atomic mass is 32.2. The Kier molecular flexibility index (Phi) is 3.55. The standard InChI is InChI=1S/C7H13N3OS/c1-3-5(8)7-9-6(4-12-2)11-10-7/h5H,3-4,8H2,1-2H3. The van der Waals surface area contributed by atoms with Gasteiger partial charge in [-0.15, -0.1) is 0 Å². The van der Waals surface area contributed by atoms with Crippen LogP contribution in [0.5, 0.6) is 0 Å². The molecule has 1 atom stereocenters. The van der Waals surface area contributed by atoms with Crippen LogP contribution in [0.4, 0.5) is 0 Å². The van der Waals surface area contributed by atoms with Crippen molar-refractivity contribution in [2.45, 2.75) is 25.1 Å². The summed E-state index contributed by atoms with van der Waals surface area (Å²) >= 11 is 1.65. The summed E-state index contributed by atoms with van der Waals surface area (Å²) < 4.78 is 4.97. The third-order valence-corrected chi connectivity index (χ3v) is 2.06. The van der Waals surface area contributed by atoms with Gasteiger partial charge < -0.3 is 10.3 Å². The number of rotatable bonds is 4. The third kappa shape index (κ3) is 2.22. The van der Waals surface area contributed by atoms with Crippen molar-refractivity contribution in [2.24, 2.45) is 5.73 Å².